The summed E-state index contributed by atoms with van der Waals surface area (Å²) in [5.74, 6) is 0. The summed E-state index contributed by atoms with van der Waals surface area (Å²) in [6.07, 6.45) is 0. The molecule has 0 aromatic heterocycles. The first-order chi connectivity index (χ1) is 7.58. The van der Waals surface area contributed by atoms with E-state index < -0.39 is 0 Å². The van der Waals surface area contributed by atoms with Crippen molar-refractivity contribution >= 4 is 35.1 Å². The number of benzene rings is 1. The van der Waals surface area contributed by atoms with Gasteiger partial charge in [0.1, 0.15) is 0 Å². The van der Waals surface area contributed by atoms with Crippen LogP contribution in [0.1, 0.15) is 41.5 Å². The van der Waals surface area contributed by atoms with Crippen molar-refractivity contribution in [3.05, 3.63) is 23.2 Å². The van der Waals surface area contributed by atoms with Gasteiger partial charge in [0, 0.05) is 19.3 Å². The van der Waals surface area contributed by atoms with Crippen molar-refractivity contribution in [2.75, 3.05) is 0 Å². The van der Waals surface area contributed by atoms with Crippen LogP contribution < -0.4 is 0 Å². The zero-order valence-corrected chi connectivity index (χ0v) is 13.8. The Kier molecular flexibility index (Phi) is 4.90. The summed E-state index contributed by atoms with van der Waals surface area (Å²) in [6, 6.07) is 6.30. The maximum absolute atomic E-state index is 6.48. The predicted octanol–water partition coefficient (Wildman–Crippen LogP) is 6.12. The van der Waals surface area contributed by atoms with Crippen LogP contribution in [0.5, 0.6) is 0 Å². The quantitative estimate of drug-likeness (QED) is 0.601. The van der Waals surface area contributed by atoms with Crippen LogP contribution in [-0.2, 0) is 0 Å². The van der Waals surface area contributed by atoms with Crippen molar-refractivity contribution < 1.29 is 0 Å². The Bertz CT molecular complexity index is 352. The van der Waals surface area contributed by atoms with Gasteiger partial charge in [0.2, 0.25) is 0 Å². The monoisotopic (exact) mass is 288 g/mol. The fourth-order valence-corrected chi connectivity index (χ4v) is 3.74. The lowest BCUT2D eigenvalue weighted by molar-refractivity contribution is 0.800. The highest BCUT2D eigenvalue weighted by atomic mass is 35.5. The van der Waals surface area contributed by atoms with E-state index in [1.54, 1.807) is 0 Å². The molecule has 17 heavy (non-hydrogen) atoms. The van der Waals surface area contributed by atoms with Crippen LogP contribution in [-0.4, -0.2) is 9.49 Å². The maximum atomic E-state index is 6.48. The van der Waals surface area contributed by atoms with Crippen LogP contribution in [0.2, 0.25) is 5.02 Å². The average Bonchev–Trinajstić information content (AvgIpc) is 2.07. The molecule has 1 aromatic rings. The fraction of sp³-hybridized carbons (Fsp3) is 0.571. The van der Waals surface area contributed by atoms with Gasteiger partial charge in [0.15, 0.2) is 0 Å². The first kappa shape index (κ1) is 15.3. The van der Waals surface area contributed by atoms with Gasteiger partial charge in [0.25, 0.3) is 0 Å². The molecule has 0 amide bonds. The van der Waals surface area contributed by atoms with E-state index in [0.717, 1.165) is 5.02 Å². The Morgan fingerprint density at radius 3 is 1.47 bits per heavy atom. The molecule has 0 radical (unpaired) electrons. The van der Waals surface area contributed by atoms with Crippen LogP contribution in [0.3, 0.4) is 0 Å². The molecule has 3 heteroatoms. The standard InChI is InChI=1S/C14H21ClS2/c1-13(2,3)16-10-8-7-9-11(12(10)15)17-14(4,5)6/h7-9H,1-6H3. The number of hydrogen-bond acceptors (Lipinski definition) is 2. The summed E-state index contributed by atoms with van der Waals surface area (Å²) in [5, 5.41) is 0.896. The summed E-state index contributed by atoms with van der Waals surface area (Å²) in [6.45, 7) is 13.2. The zero-order chi connectivity index (χ0) is 13.3. The van der Waals surface area contributed by atoms with Crippen LogP contribution in [0.15, 0.2) is 28.0 Å². The smallest absolute Gasteiger partial charge is 0.0678 e. The lowest BCUT2D eigenvalue weighted by Gasteiger charge is -2.22. The van der Waals surface area contributed by atoms with Gasteiger partial charge in [0.05, 0.1) is 5.02 Å². The largest absolute Gasteiger partial charge is 0.119 e. The highest BCUT2D eigenvalue weighted by Crippen LogP contribution is 2.43. The first-order valence-corrected chi connectivity index (χ1v) is 7.76. The second-order valence-electron chi connectivity index (χ2n) is 6.00. The molecular weight excluding hydrogens is 268 g/mol. The molecule has 0 unspecified atom stereocenters. The normalized spacial score (nSPS) is 12.9. The van der Waals surface area contributed by atoms with Gasteiger partial charge in [-0.05, 0) is 12.1 Å². The molecule has 0 saturated heterocycles. The minimum atomic E-state index is 0.189. The minimum absolute atomic E-state index is 0.189. The van der Waals surface area contributed by atoms with Gasteiger partial charge in [-0.3, -0.25) is 0 Å². The molecule has 0 saturated carbocycles. The molecule has 0 N–H and O–H groups in total. The molecule has 0 fully saturated rings. The highest BCUT2D eigenvalue weighted by Gasteiger charge is 2.19. The predicted molar refractivity (Wildman–Crippen MR) is 82.7 cm³/mol. The van der Waals surface area contributed by atoms with Crippen LogP contribution in [0.4, 0.5) is 0 Å². The van der Waals surface area contributed by atoms with E-state index in [9.17, 15) is 0 Å². The third-order valence-corrected chi connectivity index (χ3v) is 4.74. The van der Waals surface area contributed by atoms with Crippen molar-refractivity contribution in [2.45, 2.75) is 60.8 Å². The maximum Gasteiger partial charge on any atom is 0.0678 e. The van der Waals surface area contributed by atoms with E-state index in [2.05, 4.69) is 59.7 Å². The summed E-state index contributed by atoms with van der Waals surface area (Å²) >= 11 is 10.1. The average molecular weight is 289 g/mol. The van der Waals surface area contributed by atoms with Crippen molar-refractivity contribution in [2.24, 2.45) is 0 Å². The van der Waals surface area contributed by atoms with E-state index in [0.29, 0.717) is 0 Å². The molecule has 0 atom stereocenters. The van der Waals surface area contributed by atoms with E-state index in [1.165, 1.54) is 9.79 Å². The Hall–Kier alpha value is 0.210. The van der Waals surface area contributed by atoms with Gasteiger partial charge < -0.3 is 0 Å². The molecule has 0 aliphatic carbocycles. The molecule has 1 aromatic carbocycles. The fourth-order valence-electron chi connectivity index (χ4n) is 1.31. The molecule has 0 heterocycles. The number of halogens is 1. The van der Waals surface area contributed by atoms with E-state index in [1.807, 2.05) is 23.5 Å². The summed E-state index contributed by atoms with van der Waals surface area (Å²) in [5.41, 5.74) is 0. The third kappa shape index (κ3) is 5.58. The minimum Gasteiger partial charge on any atom is -0.119 e. The van der Waals surface area contributed by atoms with E-state index >= 15 is 0 Å². The molecule has 0 aliphatic rings. The van der Waals surface area contributed by atoms with Crippen molar-refractivity contribution in [1.29, 1.82) is 0 Å². The summed E-state index contributed by atoms with van der Waals surface area (Å²) < 4.78 is 0.378. The molecule has 1 rings (SSSR count). The first-order valence-electron chi connectivity index (χ1n) is 5.75. The number of rotatable bonds is 2. The van der Waals surface area contributed by atoms with E-state index in [4.69, 9.17) is 11.6 Å². The highest BCUT2D eigenvalue weighted by molar-refractivity contribution is 8.01. The molecule has 0 nitrogen and oxygen atoms in total. The Morgan fingerprint density at radius 2 is 1.18 bits per heavy atom. The SMILES string of the molecule is CC(C)(C)Sc1cccc(SC(C)(C)C)c1Cl. The molecule has 0 spiro atoms. The van der Waals surface area contributed by atoms with E-state index in [-0.39, 0.29) is 9.49 Å². The Balaban J connectivity index is 3.00. The van der Waals surface area contributed by atoms with Crippen molar-refractivity contribution in [1.82, 2.24) is 0 Å². The van der Waals surface area contributed by atoms with Gasteiger partial charge >= 0.3 is 0 Å². The number of hydrogen-bond donors (Lipinski definition) is 0. The zero-order valence-electron chi connectivity index (χ0n) is 11.4. The van der Waals surface area contributed by atoms with Crippen molar-refractivity contribution in [3.8, 4) is 0 Å². The van der Waals surface area contributed by atoms with Gasteiger partial charge in [-0.2, -0.15) is 0 Å². The Morgan fingerprint density at radius 1 is 0.824 bits per heavy atom. The third-order valence-electron chi connectivity index (χ3n) is 1.76. The molecular formula is C14H21ClS2. The summed E-state index contributed by atoms with van der Waals surface area (Å²) in [4.78, 5) is 2.35. The van der Waals surface area contributed by atoms with Crippen LogP contribution >= 0.6 is 35.1 Å². The molecule has 0 bridgehead atoms. The number of thioether (sulfide) groups is 2. The van der Waals surface area contributed by atoms with Gasteiger partial charge in [-0.1, -0.05) is 59.2 Å². The second kappa shape index (κ2) is 5.46. The summed E-state index contributed by atoms with van der Waals surface area (Å²) in [7, 11) is 0. The molecule has 96 valence electrons. The lowest BCUT2D eigenvalue weighted by Crippen LogP contribution is -2.08. The molecule has 0 aliphatic heterocycles. The van der Waals surface area contributed by atoms with Crippen LogP contribution in [0.25, 0.3) is 0 Å². The van der Waals surface area contributed by atoms with Gasteiger partial charge in [-0.25, -0.2) is 0 Å². The van der Waals surface area contributed by atoms with Gasteiger partial charge in [-0.15, -0.1) is 23.5 Å². The second-order valence-corrected chi connectivity index (χ2v) is 10.1. The topological polar surface area (TPSA) is 0 Å². The van der Waals surface area contributed by atoms with Crippen LogP contribution in [0, 0.1) is 0 Å². The van der Waals surface area contributed by atoms with Crippen molar-refractivity contribution in [3.63, 3.8) is 0 Å². The Labute approximate surface area is 119 Å². The lowest BCUT2D eigenvalue weighted by atomic mass is 10.3.